The predicted molar refractivity (Wildman–Crippen MR) is 120 cm³/mol. The van der Waals surface area contributed by atoms with Gasteiger partial charge in [-0.25, -0.2) is 10.1 Å². The van der Waals surface area contributed by atoms with Crippen molar-refractivity contribution in [3.63, 3.8) is 0 Å². The number of aromatic amines is 1. The smallest absolute Gasteiger partial charge is 0.272 e. The third kappa shape index (κ3) is 3.08. The molecule has 2 fully saturated rings. The molecule has 7 nitrogen and oxygen atoms in total. The molecule has 4 aromatic rings. The first-order valence-corrected chi connectivity index (χ1v) is 11.2. The molecule has 3 aromatic heterocycles. The van der Waals surface area contributed by atoms with Crippen LogP contribution in [0, 0.1) is 5.41 Å². The van der Waals surface area contributed by atoms with Crippen LogP contribution < -0.4 is 10.9 Å². The van der Waals surface area contributed by atoms with Crippen LogP contribution >= 0.6 is 15.9 Å². The van der Waals surface area contributed by atoms with Gasteiger partial charge in [-0.1, -0.05) is 18.2 Å². The lowest BCUT2D eigenvalue weighted by Crippen LogP contribution is -2.55. The maximum atomic E-state index is 12.6. The number of imidazole rings is 1. The molecule has 156 valence electrons. The summed E-state index contributed by atoms with van der Waals surface area (Å²) in [5.41, 5.74) is 2.32. The van der Waals surface area contributed by atoms with Gasteiger partial charge in [0, 0.05) is 34.2 Å². The Morgan fingerprint density at radius 2 is 1.87 bits per heavy atom. The zero-order chi connectivity index (χ0) is 21.2. The Morgan fingerprint density at radius 3 is 2.68 bits per heavy atom. The number of carbonyl (C=O) groups is 1. The standard InChI is InChI=1S/C23H20BrN5O2/c24-14-5-6-19-26-18(12-29(19)11-14)22(31)25-15-9-23(10-15)7-13(8-23)20-16-3-1-2-4-17(16)21(30)28-27-20/h1-6,11-13,15H,7-10H2,(H,25,31)(H,28,30)/t13-,15-,23?. The van der Waals surface area contributed by atoms with Crippen LogP contribution in [0.3, 0.4) is 0 Å². The highest BCUT2D eigenvalue weighted by Crippen LogP contribution is 2.62. The average Bonchev–Trinajstić information content (AvgIpc) is 3.13. The Balaban J connectivity index is 1.10. The summed E-state index contributed by atoms with van der Waals surface area (Å²) in [5.74, 6) is 0.235. The lowest BCUT2D eigenvalue weighted by molar-refractivity contribution is -0.0197. The molecule has 1 amide bonds. The minimum Gasteiger partial charge on any atom is -0.348 e. The minimum absolute atomic E-state index is 0.121. The van der Waals surface area contributed by atoms with Crippen molar-refractivity contribution in [1.29, 1.82) is 0 Å². The lowest BCUT2D eigenvalue weighted by Gasteiger charge is -2.57. The van der Waals surface area contributed by atoms with E-state index < -0.39 is 0 Å². The highest BCUT2D eigenvalue weighted by atomic mass is 79.9. The van der Waals surface area contributed by atoms with Crippen LogP contribution in [0.25, 0.3) is 16.4 Å². The summed E-state index contributed by atoms with van der Waals surface area (Å²) in [4.78, 5) is 29.1. The SMILES string of the molecule is O=C(N[C@H]1CC2(C1)C[C@H](c1n[nH]c(=O)c3ccccc31)C2)c1cn2cc(Br)ccc2n1. The van der Waals surface area contributed by atoms with Crippen molar-refractivity contribution in [2.24, 2.45) is 5.41 Å². The highest BCUT2D eigenvalue weighted by Gasteiger charge is 2.54. The van der Waals surface area contributed by atoms with E-state index >= 15 is 0 Å². The number of nitrogens with one attached hydrogen (secondary N) is 2. The maximum Gasteiger partial charge on any atom is 0.272 e. The van der Waals surface area contributed by atoms with E-state index in [9.17, 15) is 9.59 Å². The largest absolute Gasteiger partial charge is 0.348 e. The van der Waals surface area contributed by atoms with Crippen LogP contribution in [0.15, 0.2) is 58.1 Å². The molecule has 1 aromatic carbocycles. The van der Waals surface area contributed by atoms with Crippen LogP contribution in [0.1, 0.15) is 47.8 Å². The summed E-state index contributed by atoms with van der Waals surface area (Å²) in [5, 5.41) is 11.8. The summed E-state index contributed by atoms with van der Waals surface area (Å²) in [7, 11) is 0. The Bertz CT molecular complexity index is 1390. The molecule has 2 aliphatic carbocycles. The number of carbonyl (C=O) groups excluding carboxylic acids is 1. The fourth-order valence-corrected chi connectivity index (χ4v) is 5.73. The summed E-state index contributed by atoms with van der Waals surface area (Å²) in [6, 6.07) is 11.6. The van der Waals surface area contributed by atoms with E-state index in [4.69, 9.17) is 0 Å². The van der Waals surface area contributed by atoms with Crippen LogP contribution in [-0.2, 0) is 0 Å². The zero-order valence-electron chi connectivity index (χ0n) is 16.6. The second-order valence-electron chi connectivity index (χ2n) is 8.91. The van der Waals surface area contributed by atoms with Crippen molar-refractivity contribution < 1.29 is 4.79 Å². The lowest BCUT2D eigenvalue weighted by atomic mass is 9.49. The Kier molecular flexibility index (Phi) is 4.08. The van der Waals surface area contributed by atoms with E-state index in [0.717, 1.165) is 46.9 Å². The van der Waals surface area contributed by atoms with Gasteiger partial charge in [-0.05, 0) is 65.2 Å². The molecular formula is C23H20BrN5O2. The number of hydrogen-bond donors (Lipinski definition) is 2. The van der Waals surface area contributed by atoms with Crippen molar-refractivity contribution in [1.82, 2.24) is 24.9 Å². The van der Waals surface area contributed by atoms with Gasteiger partial charge in [0.05, 0.1) is 11.1 Å². The van der Waals surface area contributed by atoms with Gasteiger partial charge in [0.1, 0.15) is 11.3 Å². The second kappa shape index (κ2) is 6.75. The molecule has 0 aliphatic heterocycles. The van der Waals surface area contributed by atoms with E-state index in [-0.39, 0.29) is 22.9 Å². The van der Waals surface area contributed by atoms with Crippen molar-refractivity contribution in [3.8, 4) is 0 Å². The second-order valence-corrected chi connectivity index (χ2v) is 9.82. The van der Waals surface area contributed by atoms with Gasteiger partial charge in [0.25, 0.3) is 11.5 Å². The number of fused-ring (bicyclic) bond motifs is 2. The Labute approximate surface area is 186 Å². The summed E-state index contributed by atoms with van der Waals surface area (Å²) < 4.78 is 2.79. The third-order valence-corrected chi connectivity index (χ3v) is 7.28. The van der Waals surface area contributed by atoms with Gasteiger partial charge >= 0.3 is 0 Å². The van der Waals surface area contributed by atoms with Crippen molar-refractivity contribution >= 4 is 38.3 Å². The Morgan fingerprint density at radius 1 is 1.10 bits per heavy atom. The number of amides is 1. The van der Waals surface area contributed by atoms with E-state index in [1.54, 1.807) is 6.20 Å². The first-order chi connectivity index (χ1) is 15.0. The quantitative estimate of drug-likeness (QED) is 0.469. The summed E-state index contributed by atoms with van der Waals surface area (Å²) in [6.07, 6.45) is 7.71. The fraction of sp³-hybridized carbons (Fsp3) is 0.304. The Hall–Kier alpha value is -3.00. The minimum atomic E-state index is -0.140. The molecule has 0 atom stereocenters. The molecule has 2 N–H and O–H groups in total. The number of hydrogen-bond acceptors (Lipinski definition) is 4. The molecule has 0 radical (unpaired) electrons. The predicted octanol–water partition coefficient (Wildman–Crippen LogP) is 3.79. The first-order valence-electron chi connectivity index (χ1n) is 10.4. The molecule has 2 saturated carbocycles. The van der Waals surface area contributed by atoms with Gasteiger partial charge in [0.15, 0.2) is 0 Å². The molecule has 2 aliphatic rings. The molecule has 0 bridgehead atoms. The van der Waals surface area contributed by atoms with E-state index in [1.807, 2.05) is 47.0 Å². The van der Waals surface area contributed by atoms with Gasteiger partial charge in [0.2, 0.25) is 0 Å². The van der Waals surface area contributed by atoms with Crippen LogP contribution in [0.4, 0.5) is 0 Å². The summed E-state index contributed by atoms with van der Waals surface area (Å²) in [6.45, 7) is 0. The van der Waals surface area contributed by atoms with E-state index in [2.05, 4.69) is 36.4 Å². The average molecular weight is 478 g/mol. The summed E-state index contributed by atoms with van der Waals surface area (Å²) >= 11 is 3.43. The van der Waals surface area contributed by atoms with Crippen LogP contribution in [0.2, 0.25) is 0 Å². The molecule has 31 heavy (non-hydrogen) atoms. The van der Waals surface area contributed by atoms with Gasteiger partial charge in [-0.3, -0.25) is 9.59 Å². The van der Waals surface area contributed by atoms with E-state index in [1.165, 1.54) is 0 Å². The molecule has 6 rings (SSSR count). The molecule has 8 heteroatoms. The maximum absolute atomic E-state index is 12.6. The van der Waals surface area contributed by atoms with Crippen molar-refractivity contribution in [2.75, 3.05) is 0 Å². The van der Waals surface area contributed by atoms with Crippen molar-refractivity contribution in [3.05, 3.63) is 75.0 Å². The number of H-pyrrole nitrogens is 1. The first kappa shape index (κ1) is 18.7. The fourth-order valence-electron chi connectivity index (χ4n) is 5.38. The molecule has 3 heterocycles. The third-order valence-electron chi connectivity index (χ3n) is 6.81. The highest BCUT2D eigenvalue weighted by molar-refractivity contribution is 9.10. The number of halogens is 1. The normalized spacial score (nSPS) is 24.8. The van der Waals surface area contributed by atoms with Crippen molar-refractivity contribution in [2.45, 2.75) is 37.6 Å². The number of nitrogens with zero attached hydrogens (tertiary/aromatic N) is 3. The molecular weight excluding hydrogens is 458 g/mol. The zero-order valence-corrected chi connectivity index (χ0v) is 18.2. The number of aromatic nitrogens is 4. The van der Waals surface area contributed by atoms with E-state index in [0.29, 0.717) is 17.0 Å². The molecule has 0 unspecified atom stereocenters. The number of benzene rings is 1. The van der Waals surface area contributed by atoms with Gasteiger partial charge in [-0.15, -0.1) is 0 Å². The number of rotatable bonds is 3. The topological polar surface area (TPSA) is 92.1 Å². The van der Waals surface area contributed by atoms with Crippen LogP contribution in [-0.4, -0.2) is 31.5 Å². The molecule has 0 saturated heterocycles. The van der Waals surface area contributed by atoms with Gasteiger partial charge < -0.3 is 9.72 Å². The molecule has 1 spiro atoms. The number of pyridine rings is 1. The van der Waals surface area contributed by atoms with Crippen LogP contribution in [0.5, 0.6) is 0 Å². The monoisotopic (exact) mass is 477 g/mol. The van der Waals surface area contributed by atoms with Gasteiger partial charge in [-0.2, -0.15) is 5.10 Å².